The molecule has 0 radical (unpaired) electrons. The molecule has 0 unspecified atom stereocenters. The first-order chi connectivity index (χ1) is 11.0. The van der Waals surface area contributed by atoms with Gasteiger partial charge >= 0.3 is 5.97 Å². The molecule has 0 bridgehead atoms. The van der Waals surface area contributed by atoms with Crippen LogP contribution in [-0.2, 0) is 20.7 Å². The van der Waals surface area contributed by atoms with Gasteiger partial charge in [0.15, 0.2) is 6.61 Å². The molecule has 1 amide bonds. The lowest BCUT2D eigenvalue weighted by Gasteiger charge is -2.07. The average molecular weight is 372 g/mol. The Morgan fingerprint density at radius 3 is 2.57 bits per heavy atom. The van der Waals surface area contributed by atoms with E-state index >= 15 is 0 Å². The van der Waals surface area contributed by atoms with Crippen molar-refractivity contribution >= 4 is 52.1 Å². The number of rotatable bonds is 7. The van der Waals surface area contributed by atoms with E-state index in [1.807, 2.05) is 17.5 Å². The summed E-state index contributed by atoms with van der Waals surface area (Å²) in [6.07, 6.45) is 1.82. The molecule has 23 heavy (non-hydrogen) atoms. The predicted octanol–water partition coefficient (Wildman–Crippen LogP) is 4.56. The highest BCUT2D eigenvalue weighted by Crippen LogP contribution is 2.22. The number of hydrogen-bond acceptors (Lipinski definition) is 4. The lowest BCUT2D eigenvalue weighted by atomic mass is 10.2. The lowest BCUT2D eigenvalue weighted by Crippen LogP contribution is -2.20. The van der Waals surface area contributed by atoms with Crippen molar-refractivity contribution in [2.45, 2.75) is 19.3 Å². The van der Waals surface area contributed by atoms with Crippen molar-refractivity contribution < 1.29 is 14.3 Å². The molecule has 1 aromatic heterocycles. The van der Waals surface area contributed by atoms with Gasteiger partial charge in [-0.15, -0.1) is 11.3 Å². The fourth-order valence-corrected chi connectivity index (χ4v) is 3.18. The van der Waals surface area contributed by atoms with E-state index in [4.69, 9.17) is 27.9 Å². The maximum atomic E-state index is 11.7. The molecule has 0 aliphatic carbocycles. The number of thiophene rings is 1. The van der Waals surface area contributed by atoms with Gasteiger partial charge in [-0.3, -0.25) is 9.59 Å². The minimum Gasteiger partial charge on any atom is -0.456 e. The number of ether oxygens (including phenoxy) is 1. The van der Waals surface area contributed by atoms with Gasteiger partial charge in [-0.1, -0.05) is 29.3 Å². The van der Waals surface area contributed by atoms with Crippen molar-refractivity contribution in [2.24, 2.45) is 0 Å². The molecular formula is C16H15Cl2NO3S. The predicted molar refractivity (Wildman–Crippen MR) is 93.3 cm³/mol. The van der Waals surface area contributed by atoms with E-state index in [1.165, 1.54) is 4.88 Å². The molecule has 7 heteroatoms. The summed E-state index contributed by atoms with van der Waals surface area (Å²) in [5.41, 5.74) is 0.459. The van der Waals surface area contributed by atoms with Gasteiger partial charge in [0, 0.05) is 27.0 Å². The summed E-state index contributed by atoms with van der Waals surface area (Å²) in [5.74, 6) is -0.823. The molecule has 1 heterocycles. The van der Waals surface area contributed by atoms with Gasteiger partial charge < -0.3 is 10.1 Å². The number of benzene rings is 1. The van der Waals surface area contributed by atoms with Crippen LogP contribution in [0, 0.1) is 0 Å². The number of anilines is 1. The summed E-state index contributed by atoms with van der Waals surface area (Å²) >= 11 is 13.3. The first kappa shape index (κ1) is 17.8. The molecule has 1 N–H and O–H groups in total. The van der Waals surface area contributed by atoms with Crippen LogP contribution in [0.25, 0.3) is 0 Å². The number of amides is 1. The third-order valence-corrected chi connectivity index (χ3v) is 4.27. The number of nitrogens with one attached hydrogen (secondary N) is 1. The normalized spacial score (nSPS) is 10.3. The van der Waals surface area contributed by atoms with Gasteiger partial charge in [-0.2, -0.15) is 0 Å². The SMILES string of the molecule is O=C(COC(=O)CCCc1cccs1)Nc1cc(Cl)cc(Cl)c1. The lowest BCUT2D eigenvalue weighted by molar-refractivity contribution is -0.147. The number of aryl methyl sites for hydroxylation is 1. The third-order valence-electron chi connectivity index (χ3n) is 2.89. The molecule has 122 valence electrons. The van der Waals surface area contributed by atoms with Crippen LogP contribution in [0.5, 0.6) is 0 Å². The quantitative estimate of drug-likeness (QED) is 0.725. The van der Waals surface area contributed by atoms with Crippen LogP contribution >= 0.6 is 34.5 Å². The fraction of sp³-hybridized carbons (Fsp3) is 0.250. The average Bonchev–Trinajstić information content (AvgIpc) is 2.97. The van der Waals surface area contributed by atoms with Gasteiger partial charge in [0.1, 0.15) is 0 Å². The summed E-state index contributed by atoms with van der Waals surface area (Å²) in [7, 11) is 0. The largest absolute Gasteiger partial charge is 0.456 e. The van der Waals surface area contributed by atoms with Crippen molar-refractivity contribution in [2.75, 3.05) is 11.9 Å². The van der Waals surface area contributed by atoms with Crippen molar-refractivity contribution in [3.05, 3.63) is 50.6 Å². The molecule has 2 aromatic rings. The molecule has 0 saturated heterocycles. The Morgan fingerprint density at radius 1 is 1.17 bits per heavy atom. The zero-order valence-electron chi connectivity index (χ0n) is 12.2. The number of carbonyl (C=O) groups excluding carboxylic acids is 2. The zero-order chi connectivity index (χ0) is 16.7. The molecular weight excluding hydrogens is 357 g/mol. The summed E-state index contributed by atoms with van der Waals surface area (Å²) in [4.78, 5) is 24.6. The van der Waals surface area contributed by atoms with Crippen LogP contribution in [-0.4, -0.2) is 18.5 Å². The zero-order valence-corrected chi connectivity index (χ0v) is 14.5. The van der Waals surface area contributed by atoms with Crippen LogP contribution in [0.15, 0.2) is 35.7 Å². The summed E-state index contributed by atoms with van der Waals surface area (Å²) in [6, 6.07) is 8.69. The summed E-state index contributed by atoms with van der Waals surface area (Å²) in [6.45, 7) is -0.331. The van der Waals surface area contributed by atoms with Crippen LogP contribution < -0.4 is 5.32 Å². The highest BCUT2D eigenvalue weighted by molar-refractivity contribution is 7.09. The molecule has 0 fully saturated rings. The number of carbonyl (C=O) groups is 2. The topological polar surface area (TPSA) is 55.4 Å². The first-order valence-electron chi connectivity index (χ1n) is 6.97. The van der Waals surface area contributed by atoms with E-state index in [-0.39, 0.29) is 19.0 Å². The second kappa shape index (κ2) is 8.91. The summed E-state index contributed by atoms with van der Waals surface area (Å²) < 4.78 is 4.94. The minimum absolute atomic E-state index is 0.286. The maximum absolute atomic E-state index is 11.7. The number of hydrogen-bond donors (Lipinski definition) is 1. The van der Waals surface area contributed by atoms with Crippen molar-refractivity contribution in [3.8, 4) is 0 Å². The monoisotopic (exact) mass is 371 g/mol. The number of esters is 1. The Labute approximate surface area is 148 Å². The van der Waals surface area contributed by atoms with Crippen molar-refractivity contribution in [3.63, 3.8) is 0 Å². The third kappa shape index (κ3) is 6.60. The Kier molecular flexibility index (Phi) is 6.89. The van der Waals surface area contributed by atoms with E-state index in [1.54, 1.807) is 29.5 Å². The van der Waals surface area contributed by atoms with Gasteiger partial charge in [0.25, 0.3) is 5.91 Å². The van der Waals surface area contributed by atoms with E-state index in [9.17, 15) is 9.59 Å². The van der Waals surface area contributed by atoms with Gasteiger partial charge in [-0.05, 0) is 42.5 Å². The van der Waals surface area contributed by atoms with E-state index in [0.717, 1.165) is 6.42 Å². The maximum Gasteiger partial charge on any atom is 0.306 e. The Bertz CT molecular complexity index is 654. The molecule has 0 atom stereocenters. The molecule has 1 aromatic carbocycles. The second-order valence-electron chi connectivity index (χ2n) is 4.80. The Balaban J connectivity index is 1.68. The first-order valence-corrected chi connectivity index (χ1v) is 8.60. The van der Waals surface area contributed by atoms with E-state index in [2.05, 4.69) is 5.32 Å². The van der Waals surface area contributed by atoms with Crippen LogP contribution in [0.2, 0.25) is 10.0 Å². The molecule has 0 saturated carbocycles. The highest BCUT2D eigenvalue weighted by Gasteiger charge is 2.09. The standard InChI is InChI=1S/C16H15Cl2NO3S/c17-11-7-12(18)9-13(8-11)19-15(20)10-22-16(21)5-1-3-14-4-2-6-23-14/h2,4,6-9H,1,3,5,10H2,(H,19,20). The Morgan fingerprint density at radius 2 is 1.91 bits per heavy atom. The smallest absolute Gasteiger partial charge is 0.306 e. The van der Waals surface area contributed by atoms with Crippen molar-refractivity contribution in [1.82, 2.24) is 0 Å². The van der Waals surface area contributed by atoms with Crippen molar-refractivity contribution in [1.29, 1.82) is 0 Å². The number of halogens is 2. The molecule has 0 spiro atoms. The van der Waals surface area contributed by atoms with E-state index < -0.39 is 5.91 Å². The molecule has 0 aliphatic heterocycles. The fourth-order valence-electron chi connectivity index (χ4n) is 1.90. The van der Waals surface area contributed by atoms with Crippen LogP contribution in [0.3, 0.4) is 0 Å². The highest BCUT2D eigenvalue weighted by atomic mass is 35.5. The van der Waals surface area contributed by atoms with Gasteiger partial charge in [0.05, 0.1) is 0 Å². The molecule has 2 rings (SSSR count). The minimum atomic E-state index is -0.435. The van der Waals surface area contributed by atoms with Gasteiger partial charge in [-0.25, -0.2) is 0 Å². The Hall–Kier alpha value is -1.56. The molecule has 0 aliphatic rings. The van der Waals surface area contributed by atoms with Crippen LogP contribution in [0.4, 0.5) is 5.69 Å². The van der Waals surface area contributed by atoms with Crippen LogP contribution in [0.1, 0.15) is 17.7 Å². The summed E-state index contributed by atoms with van der Waals surface area (Å²) in [5, 5.41) is 5.40. The van der Waals surface area contributed by atoms with E-state index in [0.29, 0.717) is 22.2 Å². The molecule has 4 nitrogen and oxygen atoms in total. The second-order valence-corrected chi connectivity index (χ2v) is 6.71. The van der Waals surface area contributed by atoms with Gasteiger partial charge in [0.2, 0.25) is 0 Å².